The number of halogens is 1. The highest BCUT2D eigenvalue weighted by molar-refractivity contribution is 7.89. The predicted octanol–water partition coefficient (Wildman–Crippen LogP) is 2.46. The van der Waals surface area contributed by atoms with Gasteiger partial charge in [0.2, 0.25) is 15.9 Å². The van der Waals surface area contributed by atoms with Gasteiger partial charge in [0, 0.05) is 38.0 Å². The van der Waals surface area contributed by atoms with Gasteiger partial charge in [0.05, 0.1) is 12.2 Å². The van der Waals surface area contributed by atoms with Gasteiger partial charge in [-0.2, -0.15) is 4.31 Å². The molecule has 0 spiro atoms. The molecule has 0 saturated heterocycles. The number of hydrogen-bond donors (Lipinski definition) is 1. The Kier molecular flexibility index (Phi) is 6.28. The van der Waals surface area contributed by atoms with Crippen LogP contribution >= 0.6 is 0 Å². The maximum absolute atomic E-state index is 14.4. The second-order valence-corrected chi connectivity index (χ2v) is 9.64. The molecule has 32 heavy (non-hydrogen) atoms. The molecule has 1 aromatic carbocycles. The van der Waals surface area contributed by atoms with Crippen LogP contribution in [-0.2, 0) is 27.8 Å². The van der Waals surface area contributed by atoms with Crippen LogP contribution in [0.2, 0.25) is 0 Å². The lowest BCUT2D eigenvalue weighted by atomic mass is 10.1. The SMILES string of the molecule is CN(CC(=O)Nc1cc(-c2nnc3n2CCCCC3)ccc1F)S(=O)(=O)c1cccnc1. The lowest BCUT2D eigenvalue weighted by Gasteiger charge is -2.17. The van der Waals surface area contributed by atoms with Crippen molar-refractivity contribution < 1.29 is 17.6 Å². The van der Waals surface area contributed by atoms with E-state index in [4.69, 9.17) is 0 Å². The first-order chi connectivity index (χ1) is 15.4. The van der Waals surface area contributed by atoms with E-state index >= 15 is 0 Å². The second kappa shape index (κ2) is 9.13. The van der Waals surface area contributed by atoms with E-state index < -0.39 is 28.3 Å². The van der Waals surface area contributed by atoms with Crippen molar-refractivity contribution in [3.05, 3.63) is 54.4 Å². The van der Waals surface area contributed by atoms with Gasteiger partial charge < -0.3 is 9.88 Å². The van der Waals surface area contributed by atoms with E-state index in [2.05, 4.69) is 20.5 Å². The number of nitrogens with one attached hydrogen (secondary N) is 1. The van der Waals surface area contributed by atoms with E-state index in [0.717, 1.165) is 42.4 Å². The Morgan fingerprint density at radius 1 is 1.22 bits per heavy atom. The summed E-state index contributed by atoms with van der Waals surface area (Å²) in [5.41, 5.74) is 0.573. The molecule has 0 bridgehead atoms. The molecule has 2 aromatic heterocycles. The molecule has 0 unspecified atom stereocenters. The molecule has 0 atom stereocenters. The number of amides is 1. The Labute approximate surface area is 185 Å². The zero-order valence-electron chi connectivity index (χ0n) is 17.5. The number of rotatable bonds is 6. The van der Waals surface area contributed by atoms with Gasteiger partial charge in [0.15, 0.2) is 5.82 Å². The van der Waals surface area contributed by atoms with Crippen molar-refractivity contribution >= 4 is 21.6 Å². The summed E-state index contributed by atoms with van der Waals surface area (Å²) >= 11 is 0. The number of fused-ring (bicyclic) bond motifs is 1. The summed E-state index contributed by atoms with van der Waals surface area (Å²) in [6.07, 6.45) is 6.68. The largest absolute Gasteiger partial charge is 0.322 e. The fraction of sp³-hybridized carbons (Fsp3) is 0.333. The molecule has 1 aliphatic heterocycles. The van der Waals surface area contributed by atoms with Crippen molar-refractivity contribution in [2.75, 3.05) is 18.9 Å². The molecule has 3 aromatic rings. The number of anilines is 1. The number of likely N-dealkylation sites (N-methyl/N-ethyl adjacent to an activating group) is 1. The zero-order valence-corrected chi connectivity index (χ0v) is 18.3. The molecule has 4 rings (SSSR count). The molecule has 0 aliphatic carbocycles. The van der Waals surface area contributed by atoms with Crippen LogP contribution in [0.25, 0.3) is 11.4 Å². The number of pyridine rings is 1. The van der Waals surface area contributed by atoms with E-state index in [1.54, 1.807) is 6.07 Å². The number of aromatic nitrogens is 4. The first-order valence-electron chi connectivity index (χ1n) is 10.2. The van der Waals surface area contributed by atoms with Crippen LogP contribution in [0.1, 0.15) is 25.1 Å². The molecule has 11 heteroatoms. The maximum atomic E-state index is 14.4. The Bertz CT molecular complexity index is 1230. The second-order valence-electron chi connectivity index (χ2n) is 7.59. The topological polar surface area (TPSA) is 110 Å². The lowest BCUT2D eigenvalue weighted by Crippen LogP contribution is -2.35. The first kappa shape index (κ1) is 22.0. The highest BCUT2D eigenvalue weighted by atomic mass is 32.2. The summed E-state index contributed by atoms with van der Waals surface area (Å²) < 4.78 is 42.5. The minimum atomic E-state index is -3.90. The van der Waals surface area contributed by atoms with E-state index in [9.17, 15) is 17.6 Å². The molecule has 1 N–H and O–H groups in total. The van der Waals surface area contributed by atoms with Gasteiger partial charge in [0.1, 0.15) is 16.5 Å². The Morgan fingerprint density at radius 2 is 2.06 bits per heavy atom. The number of carbonyl (C=O) groups is 1. The number of hydrogen-bond acceptors (Lipinski definition) is 6. The fourth-order valence-corrected chi connectivity index (χ4v) is 4.71. The lowest BCUT2D eigenvalue weighted by molar-refractivity contribution is -0.116. The average molecular weight is 459 g/mol. The van der Waals surface area contributed by atoms with Gasteiger partial charge in [-0.25, -0.2) is 12.8 Å². The minimum Gasteiger partial charge on any atom is -0.322 e. The van der Waals surface area contributed by atoms with Crippen molar-refractivity contribution in [2.24, 2.45) is 0 Å². The van der Waals surface area contributed by atoms with Crippen LogP contribution in [0, 0.1) is 5.82 Å². The monoisotopic (exact) mass is 458 g/mol. The van der Waals surface area contributed by atoms with E-state index in [1.165, 1.54) is 43.7 Å². The van der Waals surface area contributed by atoms with Gasteiger partial charge in [-0.15, -0.1) is 10.2 Å². The highest BCUT2D eigenvalue weighted by Crippen LogP contribution is 2.26. The molecule has 0 fully saturated rings. The van der Waals surface area contributed by atoms with Crippen LogP contribution in [0.15, 0.2) is 47.6 Å². The van der Waals surface area contributed by atoms with Crippen molar-refractivity contribution in [3.8, 4) is 11.4 Å². The van der Waals surface area contributed by atoms with E-state index in [-0.39, 0.29) is 10.6 Å². The molecule has 0 radical (unpaired) electrons. The van der Waals surface area contributed by atoms with Gasteiger partial charge >= 0.3 is 0 Å². The Morgan fingerprint density at radius 3 is 2.84 bits per heavy atom. The molecule has 3 heterocycles. The maximum Gasteiger partial charge on any atom is 0.244 e. The summed E-state index contributed by atoms with van der Waals surface area (Å²) in [4.78, 5) is 16.3. The smallest absolute Gasteiger partial charge is 0.244 e. The van der Waals surface area contributed by atoms with E-state index in [1.807, 2.05) is 4.57 Å². The molecular formula is C21H23FN6O3S. The zero-order chi connectivity index (χ0) is 22.7. The number of sulfonamides is 1. The third kappa shape index (κ3) is 4.53. The third-order valence-corrected chi connectivity index (χ3v) is 7.10. The van der Waals surface area contributed by atoms with Crippen LogP contribution < -0.4 is 5.32 Å². The molecule has 9 nitrogen and oxygen atoms in total. The Balaban J connectivity index is 1.51. The summed E-state index contributed by atoms with van der Waals surface area (Å²) in [5, 5.41) is 11.0. The van der Waals surface area contributed by atoms with Gasteiger partial charge in [-0.1, -0.05) is 6.42 Å². The number of aryl methyl sites for hydroxylation is 1. The normalized spacial score (nSPS) is 14.1. The summed E-state index contributed by atoms with van der Waals surface area (Å²) in [7, 11) is -2.62. The third-order valence-electron chi connectivity index (χ3n) is 5.32. The molecular weight excluding hydrogens is 435 g/mol. The van der Waals surface area contributed by atoms with Crippen LogP contribution in [-0.4, -0.2) is 52.0 Å². The number of nitrogens with zero attached hydrogens (tertiary/aromatic N) is 5. The van der Waals surface area contributed by atoms with Crippen LogP contribution in [0.4, 0.5) is 10.1 Å². The minimum absolute atomic E-state index is 0.0315. The van der Waals surface area contributed by atoms with Crippen molar-refractivity contribution in [3.63, 3.8) is 0 Å². The first-order valence-corrected chi connectivity index (χ1v) is 11.7. The molecule has 1 aliphatic rings. The van der Waals surface area contributed by atoms with Gasteiger partial charge in [0.25, 0.3) is 0 Å². The molecule has 0 saturated carbocycles. The van der Waals surface area contributed by atoms with Crippen molar-refractivity contribution in [1.82, 2.24) is 24.1 Å². The van der Waals surface area contributed by atoms with Crippen molar-refractivity contribution in [1.29, 1.82) is 0 Å². The number of carbonyl (C=O) groups excluding carboxylic acids is 1. The van der Waals surface area contributed by atoms with E-state index in [0.29, 0.717) is 11.4 Å². The predicted molar refractivity (Wildman–Crippen MR) is 116 cm³/mol. The van der Waals surface area contributed by atoms with Gasteiger partial charge in [-0.3, -0.25) is 9.78 Å². The Hall–Kier alpha value is -3.18. The highest BCUT2D eigenvalue weighted by Gasteiger charge is 2.24. The molecule has 168 valence electrons. The van der Waals surface area contributed by atoms with Crippen LogP contribution in [0.3, 0.4) is 0 Å². The summed E-state index contributed by atoms with van der Waals surface area (Å²) in [6.45, 7) is 0.301. The number of benzene rings is 1. The average Bonchev–Trinajstić information content (AvgIpc) is 3.03. The molecule has 1 amide bonds. The van der Waals surface area contributed by atoms with Crippen molar-refractivity contribution in [2.45, 2.75) is 37.1 Å². The summed E-state index contributed by atoms with van der Waals surface area (Å²) in [6, 6.07) is 7.21. The standard InChI is InChI=1S/C21H23FN6O3S/c1-27(32(30,31)16-6-5-10-23-13-16)14-20(29)24-18-12-15(8-9-17(18)22)21-26-25-19-7-3-2-4-11-28(19)21/h5-6,8-10,12-13H,2-4,7,11,14H2,1H3,(H,24,29). The van der Waals surface area contributed by atoms with Gasteiger partial charge in [-0.05, 0) is 43.2 Å². The fourth-order valence-electron chi connectivity index (χ4n) is 3.62. The summed E-state index contributed by atoms with van der Waals surface area (Å²) in [5.74, 6) is 0.217. The van der Waals surface area contributed by atoms with Crippen LogP contribution in [0.5, 0.6) is 0 Å². The quantitative estimate of drug-likeness (QED) is 0.608.